The molecule has 1 aromatic heterocycles. The van der Waals surface area contributed by atoms with Gasteiger partial charge in [0.15, 0.2) is 0 Å². The summed E-state index contributed by atoms with van der Waals surface area (Å²) in [6, 6.07) is 19.9. The number of hydrogen-bond acceptors (Lipinski definition) is 3. The average molecular weight is 401 g/mol. The predicted octanol–water partition coefficient (Wildman–Crippen LogP) is 3.34. The van der Waals surface area contributed by atoms with Crippen LogP contribution in [0.5, 0.6) is 0 Å². The Morgan fingerprint density at radius 3 is 2.04 bits per heavy atom. The molecule has 148 valence electrons. The number of benzene rings is 2. The normalized spacial score (nSPS) is 20.0. The molecule has 2 unspecified atom stereocenters. The second-order valence-corrected chi connectivity index (χ2v) is 7.01. The molecule has 1 fully saturated rings. The maximum atomic E-state index is 13.3. The highest BCUT2D eigenvalue weighted by Gasteiger charge is 2.57. The number of rotatable bonds is 4. The van der Waals surface area contributed by atoms with Crippen molar-refractivity contribution >= 4 is 18.4 Å². The van der Waals surface area contributed by atoms with Gasteiger partial charge in [0.25, 0.3) is 0 Å². The topological polar surface area (TPSA) is 75.6 Å². The van der Waals surface area contributed by atoms with Crippen LogP contribution in [0, 0.1) is 12.8 Å². The third kappa shape index (κ3) is 3.43. The first kappa shape index (κ1) is 21.7. The number of aryl methyl sites for hydroxylation is 1. The molecule has 1 aliphatic heterocycles. The monoisotopic (exact) mass is 400 g/mol. The second-order valence-electron chi connectivity index (χ2n) is 7.01. The van der Waals surface area contributed by atoms with Crippen LogP contribution in [0.1, 0.15) is 23.6 Å². The largest absolute Gasteiger partial charge is 0.459 e. The van der Waals surface area contributed by atoms with Gasteiger partial charge in [-0.1, -0.05) is 67.6 Å². The molecule has 2 aromatic carbocycles. The Hall–Kier alpha value is -2.63. The Morgan fingerprint density at radius 1 is 1.04 bits per heavy atom. The van der Waals surface area contributed by atoms with Crippen LogP contribution in [-0.2, 0) is 21.5 Å². The number of halogens is 1. The molecule has 6 heteroatoms. The van der Waals surface area contributed by atoms with Crippen molar-refractivity contribution in [1.29, 1.82) is 0 Å². The first-order valence-corrected chi connectivity index (χ1v) is 8.93. The molecule has 0 radical (unpaired) electrons. The summed E-state index contributed by atoms with van der Waals surface area (Å²) in [5.41, 5.74) is 2.25. The molecule has 1 saturated heterocycles. The molecule has 0 saturated carbocycles. The van der Waals surface area contributed by atoms with E-state index in [2.05, 4.69) is 12.0 Å². The highest BCUT2D eigenvalue weighted by Crippen LogP contribution is 2.47. The number of nitrogens with zero attached hydrogens (tertiary/aromatic N) is 2. The van der Waals surface area contributed by atoms with Crippen LogP contribution in [-0.4, -0.2) is 27.3 Å². The predicted molar refractivity (Wildman–Crippen MR) is 111 cm³/mol. The zero-order chi connectivity index (χ0) is 18.1. The molecule has 0 spiro atoms. The highest BCUT2D eigenvalue weighted by molar-refractivity contribution is 5.90. The standard InChI is InChI=1S/C22H22N2O2.ClH.H2O/c1-16-13-23-24(14-16)15-20-17(2)22(21(25)26-20,18-9-5-3-6-10-18)19-11-7-4-8-12-19;;/h3-14,17,20H,15H2,1-2H3;1H;1H2. The van der Waals surface area contributed by atoms with Gasteiger partial charge in [-0.25, -0.2) is 0 Å². The van der Waals surface area contributed by atoms with Gasteiger partial charge in [-0.05, 0) is 23.6 Å². The Morgan fingerprint density at radius 2 is 1.57 bits per heavy atom. The van der Waals surface area contributed by atoms with Gasteiger partial charge in [0.05, 0.1) is 12.7 Å². The molecular formula is C22H25ClN2O3. The van der Waals surface area contributed by atoms with Crippen LogP contribution in [0.15, 0.2) is 73.1 Å². The van der Waals surface area contributed by atoms with Crippen molar-refractivity contribution in [2.45, 2.75) is 31.9 Å². The second kappa shape index (κ2) is 8.59. The van der Waals surface area contributed by atoms with Gasteiger partial charge < -0.3 is 10.2 Å². The Balaban J connectivity index is 0.00000140. The van der Waals surface area contributed by atoms with E-state index in [0.29, 0.717) is 6.54 Å². The molecule has 0 amide bonds. The van der Waals surface area contributed by atoms with Gasteiger partial charge in [0.2, 0.25) is 0 Å². The Kier molecular flexibility index (Phi) is 6.65. The average Bonchev–Trinajstić information content (AvgIpc) is 3.18. The number of esters is 1. The molecule has 5 nitrogen and oxygen atoms in total. The van der Waals surface area contributed by atoms with E-state index in [-0.39, 0.29) is 35.9 Å². The van der Waals surface area contributed by atoms with Gasteiger partial charge in [-0.3, -0.25) is 9.48 Å². The lowest BCUT2D eigenvalue weighted by atomic mass is 9.66. The van der Waals surface area contributed by atoms with E-state index in [9.17, 15) is 4.79 Å². The number of carbonyl (C=O) groups excluding carboxylic acids is 1. The van der Waals surface area contributed by atoms with Crippen LogP contribution < -0.4 is 0 Å². The number of ether oxygens (including phenoxy) is 1. The quantitative estimate of drug-likeness (QED) is 0.630. The molecule has 1 aliphatic rings. The summed E-state index contributed by atoms with van der Waals surface area (Å²) in [4.78, 5) is 13.3. The van der Waals surface area contributed by atoms with Crippen molar-refractivity contribution < 1.29 is 15.0 Å². The van der Waals surface area contributed by atoms with E-state index in [1.807, 2.05) is 84.7 Å². The SMILES string of the molecule is Cc1cnn(CC2OC(=O)C(c3ccccc3)(c3ccccc3)C2C)c1.Cl.O. The number of aromatic nitrogens is 2. The Labute approximate surface area is 171 Å². The van der Waals surface area contributed by atoms with Crippen molar-refractivity contribution in [3.05, 3.63) is 89.7 Å². The first-order chi connectivity index (χ1) is 12.6. The first-order valence-electron chi connectivity index (χ1n) is 8.93. The Bertz CT molecular complexity index is 872. The van der Waals surface area contributed by atoms with Gasteiger partial charge in [-0.2, -0.15) is 5.10 Å². The minimum Gasteiger partial charge on any atom is -0.459 e. The van der Waals surface area contributed by atoms with Crippen LogP contribution in [0.2, 0.25) is 0 Å². The summed E-state index contributed by atoms with van der Waals surface area (Å²) in [5.74, 6) is -0.208. The van der Waals surface area contributed by atoms with Gasteiger partial charge >= 0.3 is 5.97 Å². The van der Waals surface area contributed by atoms with Crippen LogP contribution in [0.4, 0.5) is 0 Å². The minimum atomic E-state index is -0.796. The molecule has 2 heterocycles. The molecule has 4 rings (SSSR count). The van der Waals surface area contributed by atoms with Crippen molar-refractivity contribution in [1.82, 2.24) is 9.78 Å². The molecule has 28 heavy (non-hydrogen) atoms. The third-order valence-corrected chi connectivity index (χ3v) is 5.41. The molecule has 2 atom stereocenters. The fraction of sp³-hybridized carbons (Fsp3) is 0.273. The number of hydrogen-bond donors (Lipinski definition) is 0. The summed E-state index contributed by atoms with van der Waals surface area (Å²) in [5, 5.41) is 4.36. The molecule has 2 N–H and O–H groups in total. The zero-order valence-corrected chi connectivity index (χ0v) is 16.7. The smallest absolute Gasteiger partial charge is 0.321 e. The van der Waals surface area contributed by atoms with E-state index in [1.54, 1.807) is 0 Å². The number of cyclic esters (lactones) is 1. The van der Waals surface area contributed by atoms with E-state index >= 15 is 0 Å². The maximum absolute atomic E-state index is 13.3. The summed E-state index contributed by atoms with van der Waals surface area (Å²) in [6.07, 6.45) is 3.57. The third-order valence-electron chi connectivity index (χ3n) is 5.41. The summed E-state index contributed by atoms with van der Waals surface area (Å²) in [6.45, 7) is 4.67. The fourth-order valence-electron chi connectivity index (χ4n) is 4.07. The van der Waals surface area contributed by atoms with Crippen molar-refractivity contribution in [3.63, 3.8) is 0 Å². The molecule has 3 aromatic rings. The van der Waals surface area contributed by atoms with E-state index in [0.717, 1.165) is 16.7 Å². The maximum Gasteiger partial charge on any atom is 0.321 e. The van der Waals surface area contributed by atoms with Crippen molar-refractivity contribution in [2.75, 3.05) is 0 Å². The summed E-state index contributed by atoms with van der Waals surface area (Å²) in [7, 11) is 0. The molecule has 0 aliphatic carbocycles. The number of carbonyl (C=O) groups is 1. The van der Waals surface area contributed by atoms with Crippen molar-refractivity contribution in [3.8, 4) is 0 Å². The summed E-state index contributed by atoms with van der Waals surface area (Å²) < 4.78 is 7.77. The lowest BCUT2D eigenvalue weighted by Gasteiger charge is -2.31. The fourth-order valence-corrected chi connectivity index (χ4v) is 4.07. The highest BCUT2D eigenvalue weighted by atomic mass is 35.5. The van der Waals surface area contributed by atoms with Crippen LogP contribution >= 0.6 is 12.4 Å². The van der Waals surface area contributed by atoms with Crippen LogP contribution in [0.25, 0.3) is 0 Å². The van der Waals surface area contributed by atoms with Crippen LogP contribution in [0.3, 0.4) is 0 Å². The lowest BCUT2D eigenvalue weighted by Crippen LogP contribution is -2.39. The molecular weight excluding hydrogens is 376 g/mol. The van der Waals surface area contributed by atoms with Gasteiger partial charge in [0, 0.05) is 12.1 Å². The van der Waals surface area contributed by atoms with Crippen molar-refractivity contribution in [2.24, 2.45) is 5.92 Å². The van der Waals surface area contributed by atoms with E-state index < -0.39 is 5.41 Å². The van der Waals surface area contributed by atoms with E-state index in [1.165, 1.54) is 0 Å². The van der Waals surface area contributed by atoms with E-state index in [4.69, 9.17) is 4.74 Å². The van der Waals surface area contributed by atoms with Gasteiger partial charge in [-0.15, -0.1) is 12.4 Å². The van der Waals surface area contributed by atoms with Gasteiger partial charge in [0.1, 0.15) is 11.5 Å². The minimum absolute atomic E-state index is 0. The zero-order valence-electron chi connectivity index (χ0n) is 15.9. The lowest BCUT2D eigenvalue weighted by molar-refractivity contribution is -0.145. The molecule has 0 bridgehead atoms. The summed E-state index contributed by atoms with van der Waals surface area (Å²) >= 11 is 0.